The Labute approximate surface area is 91.6 Å². The molecule has 78 valence electrons. The van der Waals surface area contributed by atoms with Gasteiger partial charge >= 0.3 is 0 Å². The minimum atomic E-state index is 0.351. The number of unbranched alkanes of at least 4 members (excludes halogenated alkanes) is 3. The quantitative estimate of drug-likeness (QED) is 0.544. The normalized spacial score (nSPS) is 10.4. The van der Waals surface area contributed by atoms with Crippen LogP contribution in [0.1, 0.15) is 31.2 Å². The molecule has 1 nitrogen and oxygen atoms in total. The van der Waals surface area contributed by atoms with E-state index in [0.717, 1.165) is 12.2 Å². The molecule has 0 amide bonds. The molecule has 0 spiro atoms. The second-order valence-electron chi connectivity index (χ2n) is 3.55. The number of phenols is 1. The lowest BCUT2D eigenvalue weighted by molar-refractivity contribution is 0.475. The van der Waals surface area contributed by atoms with E-state index in [0.29, 0.717) is 5.75 Å². The summed E-state index contributed by atoms with van der Waals surface area (Å²) in [7, 11) is 0. The molecule has 0 fully saturated rings. The second kappa shape index (κ2) is 6.77. The molecule has 1 rings (SSSR count). The van der Waals surface area contributed by atoms with Crippen molar-refractivity contribution in [1.29, 1.82) is 0 Å². The molecule has 1 aromatic carbocycles. The number of aryl methyl sites for hydroxylation is 1. The predicted octanol–water partition coefficient (Wildman–Crippen LogP) is 3.42. The zero-order chi connectivity index (χ0) is 10.2. The lowest BCUT2D eigenvalue weighted by atomic mass is 10.1. The summed E-state index contributed by atoms with van der Waals surface area (Å²) in [6.45, 7) is 0. The van der Waals surface area contributed by atoms with Crippen molar-refractivity contribution < 1.29 is 5.11 Å². The van der Waals surface area contributed by atoms with Gasteiger partial charge in [-0.15, -0.1) is 0 Å². The Balaban J connectivity index is 2.15. The number of aromatic hydroxyl groups is 1. The number of hydrogen-bond donors (Lipinski definition) is 2. The number of benzene rings is 1. The summed E-state index contributed by atoms with van der Waals surface area (Å²) in [6.07, 6.45) is 6.13. The van der Waals surface area contributed by atoms with Gasteiger partial charge in [-0.25, -0.2) is 0 Å². The molecule has 0 bridgehead atoms. The molecule has 2 heteroatoms. The fourth-order valence-electron chi connectivity index (χ4n) is 1.46. The largest absolute Gasteiger partial charge is 0.508 e. The highest BCUT2D eigenvalue weighted by Crippen LogP contribution is 2.12. The molecular formula is C12H18OS. The predicted molar refractivity (Wildman–Crippen MR) is 64.1 cm³/mol. The monoisotopic (exact) mass is 210 g/mol. The maximum atomic E-state index is 9.09. The highest BCUT2D eigenvalue weighted by atomic mass is 32.1. The first kappa shape index (κ1) is 11.4. The van der Waals surface area contributed by atoms with E-state index >= 15 is 0 Å². The van der Waals surface area contributed by atoms with Gasteiger partial charge in [-0.05, 0) is 42.7 Å². The number of thiol groups is 1. The maximum Gasteiger partial charge on any atom is 0.115 e. The summed E-state index contributed by atoms with van der Waals surface area (Å²) >= 11 is 4.18. The highest BCUT2D eigenvalue weighted by Gasteiger charge is 1.93. The van der Waals surface area contributed by atoms with E-state index in [2.05, 4.69) is 12.6 Å². The summed E-state index contributed by atoms with van der Waals surface area (Å²) in [5.74, 6) is 1.35. The van der Waals surface area contributed by atoms with Crippen LogP contribution >= 0.6 is 12.6 Å². The van der Waals surface area contributed by atoms with Crippen LogP contribution in [0.15, 0.2) is 24.3 Å². The highest BCUT2D eigenvalue weighted by molar-refractivity contribution is 7.80. The SMILES string of the molecule is Oc1ccc(CCCCCCS)cc1. The molecule has 0 atom stereocenters. The lowest BCUT2D eigenvalue weighted by Gasteiger charge is -2.01. The molecule has 0 aliphatic rings. The lowest BCUT2D eigenvalue weighted by Crippen LogP contribution is -1.85. The summed E-state index contributed by atoms with van der Waals surface area (Å²) in [5.41, 5.74) is 1.31. The van der Waals surface area contributed by atoms with Crippen molar-refractivity contribution in [1.82, 2.24) is 0 Å². The van der Waals surface area contributed by atoms with Gasteiger partial charge in [0.25, 0.3) is 0 Å². The number of hydrogen-bond acceptors (Lipinski definition) is 2. The van der Waals surface area contributed by atoms with E-state index in [1.807, 2.05) is 12.1 Å². The van der Waals surface area contributed by atoms with Crippen molar-refractivity contribution in [3.05, 3.63) is 29.8 Å². The first-order chi connectivity index (χ1) is 6.83. The molecular weight excluding hydrogens is 192 g/mol. The minimum Gasteiger partial charge on any atom is -0.508 e. The van der Waals surface area contributed by atoms with Gasteiger partial charge in [0.2, 0.25) is 0 Å². The molecule has 0 unspecified atom stereocenters. The first-order valence-corrected chi connectivity index (χ1v) is 5.85. The third kappa shape index (κ3) is 4.56. The topological polar surface area (TPSA) is 20.2 Å². The summed E-state index contributed by atoms with van der Waals surface area (Å²) < 4.78 is 0. The Morgan fingerprint density at radius 2 is 1.57 bits per heavy atom. The van der Waals surface area contributed by atoms with Crippen LogP contribution in [0, 0.1) is 0 Å². The van der Waals surface area contributed by atoms with Crippen LogP contribution in [-0.4, -0.2) is 10.9 Å². The molecule has 0 aliphatic heterocycles. The molecule has 0 saturated carbocycles. The van der Waals surface area contributed by atoms with E-state index in [1.165, 1.54) is 31.2 Å². The maximum absolute atomic E-state index is 9.09. The van der Waals surface area contributed by atoms with Crippen LogP contribution in [0.3, 0.4) is 0 Å². The van der Waals surface area contributed by atoms with Gasteiger partial charge in [-0.2, -0.15) is 12.6 Å². The second-order valence-corrected chi connectivity index (χ2v) is 4.00. The van der Waals surface area contributed by atoms with Crippen LogP contribution in [0.2, 0.25) is 0 Å². The van der Waals surface area contributed by atoms with Crippen LogP contribution < -0.4 is 0 Å². The summed E-state index contributed by atoms with van der Waals surface area (Å²) in [5, 5.41) is 9.09. The van der Waals surface area contributed by atoms with Gasteiger partial charge in [-0.1, -0.05) is 25.0 Å². The average molecular weight is 210 g/mol. The van der Waals surface area contributed by atoms with Crippen LogP contribution in [-0.2, 0) is 6.42 Å². The van der Waals surface area contributed by atoms with Gasteiger partial charge < -0.3 is 5.11 Å². The number of phenolic OH excluding ortho intramolecular Hbond substituents is 1. The van der Waals surface area contributed by atoms with Crippen LogP contribution in [0.4, 0.5) is 0 Å². The van der Waals surface area contributed by atoms with Gasteiger partial charge in [-0.3, -0.25) is 0 Å². The Morgan fingerprint density at radius 1 is 0.929 bits per heavy atom. The summed E-state index contributed by atoms with van der Waals surface area (Å²) in [4.78, 5) is 0. The van der Waals surface area contributed by atoms with E-state index in [-0.39, 0.29) is 0 Å². The standard InChI is InChI=1S/C12H18OS/c13-12-8-6-11(7-9-12)5-3-1-2-4-10-14/h6-9,13-14H,1-5,10H2. The smallest absolute Gasteiger partial charge is 0.115 e. The average Bonchev–Trinajstić information content (AvgIpc) is 2.21. The van der Waals surface area contributed by atoms with Crippen LogP contribution in [0.5, 0.6) is 5.75 Å². The van der Waals surface area contributed by atoms with Gasteiger partial charge in [0.15, 0.2) is 0 Å². The summed E-state index contributed by atoms with van der Waals surface area (Å²) in [6, 6.07) is 7.49. The van der Waals surface area contributed by atoms with Crippen LogP contribution in [0.25, 0.3) is 0 Å². The minimum absolute atomic E-state index is 0.351. The molecule has 1 N–H and O–H groups in total. The molecule has 14 heavy (non-hydrogen) atoms. The van der Waals surface area contributed by atoms with E-state index in [4.69, 9.17) is 5.11 Å². The van der Waals surface area contributed by atoms with Crippen molar-refractivity contribution in [3.8, 4) is 5.75 Å². The first-order valence-electron chi connectivity index (χ1n) is 5.21. The zero-order valence-electron chi connectivity index (χ0n) is 8.45. The fraction of sp³-hybridized carbons (Fsp3) is 0.500. The molecule has 0 aromatic heterocycles. The molecule has 0 aliphatic carbocycles. The Morgan fingerprint density at radius 3 is 2.21 bits per heavy atom. The van der Waals surface area contributed by atoms with Crippen molar-refractivity contribution in [2.24, 2.45) is 0 Å². The van der Waals surface area contributed by atoms with Gasteiger partial charge in [0.05, 0.1) is 0 Å². The van der Waals surface area contributed by atoms with Crippen molar-refractivity contribution in [2.45, 2.75) is 32.1 Å². The van der Waals surface area contributed by atoms with Crippen molar-refractivity contribution in [2.75, 3.05) is 5.75 Å². The zero-order valence-corrected chi connectivity index (χ0v) is 9.34. The molecule has 0 saturated heterocycles. The van der Waals surface area contributed by atoms with Crippen molar-refractivity contribution >= 4 is 12.6 Å². The Hall–Kier alpha value is -0.630. The molecule has 0 heterocycles. The molecule has 1 aromatic rings. The van der Waals surface area contributed by atoms with E-state index in [9.17, 15) is 0 Å². The fourth-order valence-corrected chi connectivity index (χ4v) is 1.68. The Kier molecular flexibility index (Phi) is 5.53. The van der Waals surface area contributed by atoms with Crippen molar-refractivity contribution in [3.63, 3.8) is 0 Å². The number of rotatable bonds is 6. The van der Waals surface area contributed by atoms with Gasteiger partial charge in [0, 0.05) is 0 Å². The van der Waals surface area contributed by atoms with E-state index < -0.39 is 0 Å². The molecule has 0 radical (unpaired) electrons. The Bertz CT molecular complexity index is 243. The van der Waals surface area contributed by atoms with E-state index in [1.54, 1.807) is 12.1 Å². The third-order valence-electron chi connectivity index (χ3n) is 2.31. The van der Waals surface area contributed by atoms with Gasteiger partial charge in [0.1, 0.15) is 5.75 Å². The third-order valence-corrected chi connectivity index (χ3v) is 2.63.